The maximum atomic E-state index is 9.32. The quantitative estimate of drug-likeness (QED) is 0.859. The van der Waals surface area contributed by atoms with Crippen LogP contribution in [-0.2, 0) is 0 Å². The van der Waals surface area contributed by atoms with Crippen molar-refractivity contribution in [1.29, 1.82) is 0 Å². The van der Waals surface area contributed by atoms with Crippen molar-refractivity contribution in [3.05, 3.63) is 48.0 Å². The monoisotopic (exact) mass is 285 g/mol. The molecule has 21 heavy (non-hydrogen) atoms. The number of benzene rings is 2. The first-order valence-electron chi connectivity index (χ1n) is 7.78. The van der Waals surface area contributed by atoms with Crippen LogP contribution in [0.5, 0.6) is 0 Å². The van der Waals surface area contributed by atoms with E-state index in [0.29, 0.717) is 0 Å². The fourth-order valence-corrected chi connectivity index (χ4v) is 2.92. The average molecular weight is 285 g/mol. The number of aliphatic hydroxyl groups is 1. The molecule has 0 aliphatic heterocycles. The zero-order valence-electron chi connectivity index (χ0n) is 13.6. The van der Waals surface area contributed by atoms with Crippen LogP contribution in [-0.4, -0.2) is 17.8 Å². The highest BCUT2D eigenvalue weighted by molar-refractivity contribution is 5.86. The van der Waals surface area contributed by atoms with E-state index in [1.165, 1.54) is 16.3 Å². The van der Waals surface area contributed by atoms with Crippen molar-refractivity contribution >= 4 is 10.8 Å². The van der Waals surface area contributed by atoms with Crippen LogP contribution in [0, 0.1) is 5.41 Å². The summed E-state index contributed by atoms with van der Waals surface area (Å²) in [5, 5.41) is 15.6. The Kier molecular flexibility index (Phi) is 5.02. The Balaban J connectivity index is 2.27. The minimum absolute atomic E-state index is 0.127. The highest BCUT2D eigenvalue weighted by atomic mass is 16.3. The Morgan fingerprint density at radius 3 is 2.38 bits per heavy atom. The molecule has 0 heterocycles. The van der Waals surface area contributed by atoms with Crippen LogP contribution in [0.3, 0.4) is 0 Å². The second-order valence-corrected chi connectivity index (χ2v) is 6.89. The zero-order chi connectivity index (χ0) is 15.5. The lowest BCUT2D eigenvalue weighted by molar-refractivity contribution is 0.188. The molecule has 2 heteroatoms. The first kappa shape index (κ1) is 16.0. The third-order valence-electron chi connectivity index (χ3n) is 4.20. The number of nitrogens with one attached hydrogen (secondary N) is 1. The summed E-state index contributed by atoms with van der Waals surface area (Å²) in [5.41, 5.74) is 1.45. The predicted octanol–water partition coefficient (Wildman–Crippen LogP) is 4.29. The molecule has 114 valence electrons. The van der Waals surface area contributed by atoms with Crippen molar-refractivity contribution in [2.45, 2.75) is 46.2 Å². The van der Waals surface area contributed by atoms with Crippen molar-refractivity contribution in [1.82, 2.24) is 5.32 Å². The molecule has 0 spiro atoms. The summed E-state index contributed by atoms with van der Waals surface area (Å²) in [7, 11) is 0. The van der Waals surface area contributed by atoms with Gasteiger partial charge in [-0.3, -0.25) is 0 Å². The molecule has 0 fully saturated rings. The molecule has 2 aromatic rings. The molecule has 0 amide bonds. The Morgan fingerprint density at radius 1 is 1.05 bits per heavy atom. The first-order chi connectivity index (χ1) is 9.93. The van der Waals surface area contributed by atoms with Crippen molar-refractivity contribution < 1.29 is 5.11 Å². The van der Waals surface area contributed by atoms with Gasteiger partial charge in [0.15, 0.2) is 0 Å². The van der Waals surface area contributed by atoms with Gasteiger partial charge >= 0.3 is 0 Å². The summed E-state index contributed by atoms with van der Waals surface area (Å²) in [5.74, 6) is 0. The Hall–Kier alpha value is -1.38. The molecule has 0 bridgehead atoms. The predicted molar refractivity (Wildman–Crippen MR) is 90.4 cm³/mol. The molecule has 0 radical (unpaired) electrons. The summed E-state index contributed by atoms with van der Waals surface area (Å²) in [4.78, 5) is 0. The van der Waals surface area contributed by atoms with Crippen molar-refractivity contribution in [3.8, 4) is 0 Å². The van der Waals surface area contributed by atoms with Crippen LogP contribution >= 0.6 is 0 Å². The number of aliphatic hydroxyl groups excluding tert-OH is 1. The van der Waals surface area contributed by atoms with Gasteiger partial charge in [-0.25, -0.2) is 0 Å². The standard InChI is InChI=1S/C19H27NO/c1-14(20-18(12-13-21)19(2,3)4)16-11-7-9-15-8-5-6-10-17(15)16/h5-11,14,18,20-21H,12-13H2,1-4H3. The van der Waals surface area contributed by atoms with Crippen LogP contribution in [0.2, 0.25) is 0 Å². The highest BCUT2D eigenvalue weighted by Crippen LogP contribution is 2.28. The van der Waals surface area contributed by atoms with Crippen molar-refractivity contribution in [2.75, 3.05) is 6.61 Å². The molecular formula is C19H27NO. The van der Waals surface area contributed by atoms with Crippen LogP contribution in [0.1, 0.15) is 45.7 Å². The molecule has 2 rings (SSSR count). The lowest BCUT2D eigenvalue weighted by Crippen LogP contribution is -2.42. The third-order valence-corrected chi connectivity index (χ3v) is 4.20. The van der Waals surface area contributed by atoms with E-state index in [4.69, 9.17) is 0 Å². The van der Waals surface area contributed by atoms with Crippen molar-refractivity contribution in [2.24, 2.45) is 5.41 Å². The van der Waals surface area contributed by atoms with E-state index in [-0.39, 0.29) is 24.1 Å². The number of hydrogen-bond donors (Lipinski definition) is 2. The molecule has 2 atom stereocenters. The number of fused-ring (bicyclic) bond motifs is 1. The van der Waals surface area contributed by atoms with Crippen molar-refractivity contribution in [3.63, 3.8) is 0 Å². The molecule has 0 saturated carbocycles. The summed E-state index contributed by atoms with van der Waals surface area (Å²) in [6.07, 6.45) is 0.776. The van der Waals surface area contributed by atoms with Gasteiger partial charge in [0.2, 0.25) is 0 Å². The van der Waals surface area contributed by atoms with E-state index in [9.17, 15) is 5.11 Å². The molecule has 2 aromatic carbocycles. The van der Waals surface area contributed by atoms with E-state index in [1.54, 1.807) is 0 Å². The lowest BCUT2D eigenvalue weighted by atomic mass is 9.84. The van der Waals surface area contributed by atoms with E-state index < -0.39 is 0 Å². The Labute approximate surface area is 128 Å². The highest BCUT2D eigenvalue weighted by Gasteiger charge is 2.25. The average Bonchev–Trinajstić information content (AvgIpc) is 2.45. The number of hydrogen-bond acceptors (Lipinski definition) is 2. The van der Waals surface area contributed by atoms with Crippen LogP contribution < -0.4 is 5.32 Å². The van der Waals surface area contributed by atoms with Crippen LogP contribution in [0.15, 0.2) is 42.5 Å². The van der Waals surface area contributed by atoms with Gasteiger partial charge in [0.25, 0.3) is 0 Å². The largest absolute Gasteiger partial charge is 0.396 e. The van der Waals surface area contributed by atoms with Gasteiger partial charge in [0, 0.05) is 18.7 Å². The Morgan fingerprint density at radius 2 is 1.71 bits per heavy atom. The molecule has 0 aliphatic carbocycles. The van der Waals surface area contributed by atoms with E-state index in [2.05, 4.69) is 75.5 Å². The smallest absolute Gasteiger partial charge is 0.0446 e. The maximum absolute atomic E-state index is 9.32. The summed E-state index contributed by atoms with van der Waals surface area (Å²) >= 11 is 0. The molecule has 2 nitrogen and oxygen atoms in total. The molecule has 0 aromatic heterocycles. The van der Waals surface area contributed by atoms with E-state index in [0.717, 1.165) is 6.42 Å². The SMILES string of the molecule is CC(NC(CCO)C(C)(C)C)c1cccc2ccccc12. The van der Waals surface area contributed by atoms with Gasteiger partial charge in [0.1, 0.15) is 0 Å². The van der Waals surface area contributed by atoms with E-state index in [1.807, 2.05) is 0 Å². The van der Waals surface area contributed by atoms with E-state index >= 15 is 0 Å². The maximum Gasteiger partial charge on any atom is 0.0446 e. The normalized spacial score (nSPS) is 15.1. The fraction of sp³-hybridized carbons (Fsp3) is 0.474. The van der Waals surface area contributed by atoms with Crippen LogP contribution in [0.25, 0.3) is 10.8 Å². The topological polar surface area (TPSA) is 32.3 Å². The second-order valence-electron chi connectivity index (χ2n) is 6.89. The zero-order valence-corrected chi connectivity index (χ0v) is 13.6. The van der Waals surface area contributed by atoms with Crippen LogP contribution in [0.4, 0.5) is 0 Å². The fourth-order valence-electron chi connectivity index (χ4n) is 2.92. The van der Waals surface area contributed by atoms with Gasteiger partial charge < -0.3 is 10.4 Å². The minimum Gasteiger partial charge on any atom is -0.396 e. The van der Waals surface area contributed by atoms with Gasteiger partial charge in [-0.1, -0.05) is 63.2 Å². The van der Waals surface area contributed by atoms with Gasteiger partial charge in [0.05, 0.1) is 0 Å². The summed E-state index contributed by atoms with van der Waals surface area (Å²) in [6.45, 7) is 9.08. The van der Waals surface area contributed by atoms with Gasteiger partial charge in [-0.2, -0.15) is 0 Å². The molecular weight excluding hydrogens is 258 g/mol. The minimum atomic E-state index is 0.127. The second kappa shape index (κ2) is 6.59. The summed E-state index contributed by atoms with van der Waals surface area (Å²) < 4.78 is 0. The Bertz CT molecular complexity index is 580. The van der Waals surface area contributed by atoms with Gasteiger partial charge in [-0.15, -0.1) is 0 Å². The molecule has 2 N–H and O–H groups in total. The molecule has 2 unspecified atom stereocenters. The van der Waals surface area contributed by atoms with Gasteiger partial charge in [-0.05, 0) is 35.1 Å². The lowest BCUT2D eigenvalue weighted by Gasteiger charge is -2.34. The molecule has 0 aliphatic rings. The number of rotatable bonds is 5. The first-order valence-corrected chi connectivity index (χ1v) is 7.78. The third kappa shape index (κ3) is 3.84. The summed E-state index contributed by atoms with van der Waals surface area (Å²) in [6, 6.07) is 15.5. The molecule has 0 saturated heterocycles.